The Morgan fingerprint density at radius 1 is 1.00 bits per heavy atom. The Kier molecular flexibility index (Phi) is 5.72. The van der Waals surface area contributed by atoms with Crippen molar-refractivity contribution >= 4 is 23.3 Å². The second kappa shape index (κ2) is 8.18. The van der Waals surface area contributed by atoms with Crippen LogP contribution in [0, 0.1) is 0 Å². The maximum Gasteiger partial charge on any atom is 0.321 e. The van der Waals surface area contributed by atoms with Gasteiger partial charge in [0.05, 0.1) is 0 Å². The number of piperazine rings is 1. The number of rotatable bonds is 4. The fourth-order valence-electron chi connectivity index (χ4n) is 2.88. The Hall–Kier alpha value is -2.04. The highest BCUT2D eigenvalue weighted by Crippen LogP contribution is 2.16. The summed E-state index contributed by atoms with van der Waals surface area (Å²) in [6.07, 6.45) is 1.05. The molecule has 126 valence electrons. The van der Waals surface area contributed by atoms with Crippen molar-refractivity contribution in [1.29, 1.82) is 0 Å². The van der Waals surface area contributed by atoms with Gasteiger partial charge in [-0.25, -0.2) is 4.79 Å². The van der Waals surface area contributed by atoms with Crippen LogP contribution in [0.25, 0.3) is 0 Å². The summed E-state index contributed by atoms with van der Waals surface area (Å²) in [5.41, 5.74) is 2.10. The van der Waals surface area contributed by atoms with Crippen LogP contribution in [0.1, 0.15) is 5.56 Å². The topological polar surface area (TPSA) is 35.6 Å². The molecule has 4 nitrogen and oxygen atoms in total. The lowest BCUT2D eigenvalue weighted by Crippen LogP contribution is -2.50. The molecule has 5 heteroatoms. The van der Waals surface area contributed by atoms with Gasteiger partial charge in [0.15, 0.2) is 0 Å². The Morgan fingerprint density at radius 3 is 2.46 bits per heavy atom. The molecule has 0 unspecified atom stereocenters. The molecule has 1 aliphatic heterocycles. The fourth-order valence-corrected chi connectivity index (χ4v) is 3.07. The first-order valence-corrected chi connectivity index (χ1v) is 8.66. The highest BCUT2D eigenvalue weighted by Gasteiger charge is 2.20. The van der Waals surface area contributed by atoms with Gasteiger partial charge in [-0.1, -0.05) is 48.0 Å². The number of benzene rings is 2. The molecule has 0 atom stereocenters. The van der Waals surface area contributed by atoms with Crippen molar-refractivity contribution in [2.24, 2.45) is 0 Å². The number of amides is 2. The van der Waals surface area contributed by atoms with E-state index in [1.807, 2.05) is 23.1 Å². The van der Waals surface area contributed by atoms with Gasteiger partial charge in [0.1, 0.15) is 0 Å². The fraction of sp³-hybridized carbons (Fsp3) is 0.316. The molecule has 1 aliphatic rings. The van der Waals surface area contributed by atoms with Crippen molar-refractivity contribution in [3.63, 3.8) is 0 Å². The molecule has 0 radical (unpaired) electrons. The third-order valence-electron chi connectivity index (χ3n) is 4.29. The van der Waals surface area contributed by atoms with Gasteiger partial charge in [0, 0.05) is 43.4 Å². The summed E-state index contributed by atoms with van der Waals surface area (Å²) in [5.74, 6) is 0. The second-order valence-corrected chi connectivity index (χ2v) is 6.44. The summed E-state index contributed by atoms with van der Waals surface area (Å²) in [6.45, 7) is 4.36. The average molecular weight is 344 g/mol. The Labute approximate surface area is 148 Å². The van der Waals surface area contributed by atoms with E-state index in [9.17, 15) is 4.79 Å². The van der Waals surface area contributed by atoms with E-state index in [1.165, 1.54) is 5.56 Å². The Morgan fingerprint density at radius 2 is 1.75 bits per heavy atom. The van der Waals surface area contributed by atoms with Crippen molar-refractivity contribution in [3.05, 3.63) is 65.2 Å². The third-order valence-corrected chi connectivity index (χ3v) is 4.53. The van der Waals surface area contributed by atoms with Crippen molar-refractivity contribution < 1.29 is 4.79 Å². The first kappa shape index (κ1) is 16.8. The normalized spacial score (nSPS) is 15.3. The van der Waals surface area contributed by atoms with Crippen LogP contribution >= 0.6 is 11.6 Å². The number of anilines is 1. The van der Waals surface area contributed by atoms with Crippen LogP contribution in [0.3, 0.4) is 0 Å². The van der Waals surface area contributed by atoms with Gasteiger partial charge >= 0.3 is 6.03 Å². The lowest BCUT2D eigenvalue weighted by molar-refractivity contribution is 0.148. The first-order chi connectivity index (χ1) is 11.7. The van der Waals surface area contributed by atoms with Crippen molar-refractivity contribution in [2.45, 2.75) is 6.42 Å². The molecule has 2 amide bonds. The van der Waals surface area contributed by atoms with E-state index in [-0.39, 0.29) is 6.03 Å². The highest BCUT2D eigenvalue weighted by molar-refractivity contribution is 6.30. The summed E-state index contributed by atoms with van der Waals surface area (Å²) in [4.78, 5) is 16.6. The number of carbonyl (C=O) groups excluding carboxylic acids is 1. The molecule has 1 N–H and O–H groups in total. The quantitative estimate of drug-likeness (QED) is 0.918. The van der Waals surface area contributed by atoms with Gasteiger partial charge in [0.25, 0.3) is 0 Å². The summed E-state index contributed by atoms with van der Waals surface area (Å²) in [6, 6.07) is 17.7. The molecule has 3 rings (SSSR count). The van der Waals surface area contributed by atoms with Gasteiger partial charge in [-0.15, -0.1) is 0 Å². The van der Waals surface area contributed by atoms with E-state index in [1.54, 1.807) is 12.1 Å². The lowest BCUT2D eigenvalue weighted by atomic mass is 10.1. The Balaban J connectivity index is 1.43. The SMILES string of the molecule is O=C(Nc1cccc(Cl)c1)N1CCN(CCc2ccccc2)CC1. The molecule has 2 aromatic carbocycles. The van der Waals surface area contributed by atoms with Crippen molar-refractivity contribution in [1.82, 2.24) is 9.80 Å². The molecule has 2 aromatic rings. The largest absolute Gasteiger partial charge is 0.322 e. The minimum atomic E-state index is -0.0556. The van der Waals surface area contributed by atoms with E-state index >= 15 is 0 Å². The standard InChI is InChI=1S/C19H22ClN3O/c20-17-7-4-8-18(15-17)21-19(24)23-13-11-22(12-14-23)10-9-16-5-2-1-3-6-16/h1-8,15H,9-14H2,(H,21,24). The van der Waals surface area contributed by atoms with Crippen LogP contribution in [0.2, 0.25) is 5.02 Å². The summed E-state index contributed by atoms with van der Waals surface area (Å²) in [7, 11) is 0. The van der Waals surface area contributed by atoms with Gasteiger partial charge in [-0.3, -0.25) is 4.90 Å². The molecule has 0 spiro atoms. The monoisotopic (exact) mass is 343 g/mol. The van der Waals surface area contributed by atoms with E-state index in [4.69, 9.17) is 11.6 Å². The van der Waals surface area contributed by atoms with Gasteiger partial charge in [0.2, 0.25) is 0 Å². The maximum atomic E-state index is 12.3. The molecular weight excluding hydrogens is 322 g/mol. The molecule has 1 heterocycles. The number of nitrogens with zero attached hydrogens (tertiary/aromatic N) is 2. The predicted octanol–water partition coefficient (Wildman–Crippen LogP) is 3.73. The molecule has 1 saturated heterocycles. The smallest absolute Gasteiger partial charge is 0.321 e. The number of carbonyl (C=O) groups is 1. The predicted molar refractivity (Wildman–Crippen MR) is 98.6 cm³/mol. The number of hydrogen-bond donors (Lipinski definition) is 1. The van der Waals surface area contributed by atoms with E-state index in [0.29, 0.717) is 5.02 Å². The zero-order valence-corrected chi connectivity index (χ0v) is 14.4. The minimum Gasteiger partial charge on any atom is -0.322 e. The molecule has 0 aliphatic carbocycles. The van der Waals surface area contributed by atoms with Crippen LogP contribution in [-0.2, 0) is 6.42 Å². The van der Waals surface area contributed by atoms with Crippen LogP contribution in [0.5, 0.6) is 0 Å². The summed E-state index contributed by atoms with van der Waals surface area (Å²) < 4.78 is 0. The van der Waals surface area contributed by atoms with E-state index in [0.717, 1.165) is 44.8 Å². The average Bonchev–Trinajstić information content (AvgIpc) is 2.61. The maximum absolute atomic E-state index is 12.3. The van der Waals surface area contributed by atoms with E-state index < -0.39 is 0 Å². The summed E-state index contributed by atoms with van der Waals surface area (Å²) >= 11 is 5.95. The van der Waals surface area contributed by atoms with Gasteiger partial charge in [-0.2, -0.15) is 0 Å². The molecule has 0 saturated carbocycles. The Bertz CT molecular complexity index is 669. The first-order valence-electron chi connectivity index (χ1n) is 8.28. The van der Waals surface area contributed by atoms with Crippen LogP contribution in [0.4, 0.5) is 10.5 Å². The third kappa shape index (κ3) is 4.73. The highest BCUT2D eigenvalue weighted by atomic mass is 35.5. The number of halogens is 1. The van der Waals surface area contributed by atoms with Crippen LogP contribution < -0.4 is 5.32 Å². The van der Waals surface area contributed by atoms with Gasteiger partial charge in [-0.05, 0) is 30.2 Å². The molecule has 0 bridgehead atoms. The zero-order valence-electron chi connectivity index (χ0n) is 13.6. The number of hydrogen-bond acceptors (Lipinski definition) is 2. The van der Waals surface area contributed by atoms with Gasteiger partial charge < -0.3 is 10.2 Å². The minimum absolute atomic E-state index is 0.0556. The van der Waals surface area contributed by atoms with E-state index in [2.05, 4.69) is 34.5 Å². The zero-order chi connectivity index (χ0) is 16.8. The van der Waals surface area contributed by atoms with Crippen molar-refractivity contribution in [3.8, 4) is 0 Å². The molecular formula is C19H22ClN3O. The van der Waals surface area contributed by atoms with Crippen LogP contribution in [-0.4, -0.2) is 48.6 Å². The summed E-state index contributed by atoms with van der Waals surface area (Å²) in [5, 5.41) is 3.53. The lowest BCUT2D eigenvalue weighted by Gasteiger charge is -2.34. The number of nitrogens with one attached hydrogen (secondary N) is 1. The molecule has 0 aromatic heterocycles. The number of urea groups is 1. The van der Waals surface area contributed by atoms with Crippen molar-refractivity contribution in [2.75, 3.05) is 38.0 Å². The molecule has 1 fully saturated rings. The van der Waals surface area contributed by atoms with Crippen LogP contribution in [0.15, 0.2) is 54.6 Å². The molecule has 24 heavy (non-hydrogen) atoms. The second-order valence-electron chi connectivity index (χ2n) is 6.00.